The van der Waals surface area contributed by atoms with Crippen molar-refractivity contribution < 1.29 is 9.53 Å². The van der Waals surface area contributed by atoms with E-state index in [9.17, 15) is 4.79 Å². The molecule has 0 aromatic rings. The molecule has 0 amide bonds. The number of ether oxygens (including phenoxy) is 1. The fourth-order valence-corrected chi connectivity index (χ4v) is 2.69. The summed E-state index contributed by atoms with van der Waals surface area (Å²) in [4.78, 5) is 10.9. The smallest absolute Gasteiger partial charge is 0.305 e. The van der Waals surface area contributed by atoms with Gasteiger partial charge in [0.05, 0.1) is 7.11 Å². The molecule has 0 fully saturated rings. The minimum absolute atomic E-state index is 0.0896. The zero-order valence-electron chi connectivity index (χ0n) is 14.6. The molecule has 0 aliphatic heterocycles. The van der Waals surface area contributed by atoms with Gasteiger partial charge in [0, 0.05) is 11.8 Å². The molecule has 2 nitrogen and oxygen atoms in total. The summed E-state index contributed by atoms with van der Waals surface area (Å²) < 4.78 is 4.62. The van der Waals surface area contributed by atoms with Gasteiger partial charge in [-0.3, -0.25) is 4.79 Å². The zero-order chi connectivity index (χ0) is 16.5. The van der Waals surface area contributed by atoms with Gasteiger partial charge in [0.1, 0.15) is 0 Å². The van der Waals surface area contributed by atoms with Gasteiger partial charge in [0.2, 0.25) is 0 Å². The maximum absolute atomic E-state index is 10.9. The van der Waals surface area contributed by atoms with Crippen LogP contribution in [-0.4, -0.2) is 18.5 Å². The molecule has 130 valence electrons. The third-order valence-electron chi connectivity index (χ3n) is 3.91. The van der Waals surface area contributed by atoms with Crippen molar-refractivity contribution in [3.63, 3.8) is 0 Å². The lowest BCUT2D eigenvalue weighted by Crippen LogP contribution is -1.99. The number of methoxy groups -OCH3 is 1. The van der Waals surface area contributed by atoms with Crippen LogP contribution < -0.4 is 0 Å². The van der Waals surface area contributed by atoms with E-state index in [1.807, 2.05) is 0 Å². The van der Waals surface area contributed by atoms with E-state index >= 15 is 0 Å². The zero-order valence-corrected chi connectivity index (χ0v) is 15.4. The normalized spacial score (nSPS) is 12.7. The van der Waals surface area contributed by atoms with Crippen LogP contribution in [0.15, 0.2) is 12.2 Å². The van der Waals surface area contributed by atoms with E-state index in [1.54, 1.807) is 0 Å². The molecule has 1 unspecified atom stereocenters. The molecule has 0 aromatic heterocycles. The highest BCUT2D eigenvalue weighted by atomic mass is 35.5. The predicted octanol–water partition coefficient (Wildman–Crippen LogP) is 6.41. The van der Waals surface area contributed by atoms with Crippen LogP contribution in [0.2, 0.25) is 0 Å². The van der Waals surface area contributed by atoms with Gasteiger partial charge in [0.15, 0.2) is 0 Å². The summed E-state index contributed by atoms with van der Waals surface area (Å²) in [6, 6.07) is 0. The molecular weight excluding hydrogens is 296 g/mol. The second-order valence-electron chi connectivity index (χ2n) is 6.04. The second-order valence-corrected chi connectivity index (χ2v) is 6.65. The van der Waals surface area contributed by atoms with Crippen LogP contribution in [0.4, 0.5) is 0 Å². The molecule has 0 spiro atoms. The van der Waals surface area contributed by atoms with E-state index < -0.39 is 0 Å². The van der Waals surface area contributed by atoms with Gasteiger partial charge in [-0.25, -0.2) is 0 Å². The number of carbonyl (C=O) groups excluding carboxylic acids is 1. The highest BCUT2D eigenvalue weighted by molar-refractivity contribution is 6.20. The van der Waals surface area contributed by atoms with Crippen LogP contribution in [-0.2, 0) is 9.53 Å². The summed E-state index contributed by atoms with van der Waals surface area (Å²) in [5.74, 6) is -0.0896. The monoisotopic (exact) mass is 330 g/mol. The fraction of sp³-hybridized carbons (Fsp3) is 0.842. The Morgan fingerprint density at radius 2 is 1.68 bits per heavy atom. The van der Waals surface area contributed by atoms with Crippen LogP contribution in [0.25, 0.3) is 0 Å². The molecule has 0 N–H and O–H groups in total. The minimum Gasteiger partial charge on any atom is -0.469 e. The van der Waals surface area contributed by atoms with Crippen LogP contribution in [0, 0.1) is 0 Å². The number of halogens is 1. The van der Waals surface area contributed by atoms with Gasteiger partial charge in [0.25, 0.3) is 0 Å². The number of alkyl halides is 1. The quantitative estimate of drug-likeness (QED) is 0.150. The molecule has 3 heteroatoms. The summed E-state index contributed by atoms with van der Waals surface area (Å²) in [5.41, 5.74) is 0. The Morgan fingerprint density at radius 3 is 2.41 bits per heavy atom. The lowest BCUT2D eigenvalue weighted by molar-refractivity contribution is -0.140. The fourth-order valence-electron chi connectivity index (χ4n) is 2.44. The summed E-state index contributed by atoms with van der Waals surface area (Å²) >= 11 is 6.31. The Labute approximate surface area is 142 Å². The van der Waals surface area contributed by atoms with Crippen LogP contribution in [0.5, 0.6) is 0 Å². The van der Waals surface area contributed by atoms with E-state index in [-0.39, 0.29) is 5.97 Å². The Hall–Kier alpha value is -0.500. The summed E-state index contributed by atoms with van der Waals surface area (Å²) in [7, 11) is 1.45. The molecule has 0 aliphatic rings. The summed E-state index contributed by atoms with van der Waals surface area (Å²) in [6.45, 7) is 2.24. The summed E-state index contributed by atoms with van der Waals surface area (Å²) in [5, 5.41) is 0.312. The van der Waals surface area contributed by atoms with Crippen molar-refractivity contribution in [3.05, 3.63) is 12.2 Å². The molecule has 0 aliphatic carbocycles. The Balaban J connectivity index is 3.28. The molecule has 0 bridgehead atoms. The van der Waals surface area contributed by atoms with Crippen LogP contribution >= 0.6 is 11.6 Å². The number of rotatable bonds is 15. The van der Waals surface area contributed by atoms with E-state index in [2.05, 4.69) is 23.8 Å². The van der Waals surface area contributed by atoms with Gasteiger partial charge in [-0.05, 0) is 32.1 Å². The first-order chi connectivity index (χ1) is 10.7. The second kappa shape index (κ2) is 16.9. The molecule has 22 heavy (non-hydrogen) atoms. The van der Waals surface area contributed by atoms with E-state index in [0.29, 0.717) is 11.8 Å². The molecule has 0 saturated heterocycles. The SMILES string of the molecule is CCCCCCC(Cl)C/C=C/CCCCCCCC(=O)OC. The highest BCUT2D eigenvalue weighted by Crippen LogP contribution is 2.14. The number of hydrogen-bond acceptors (Lipinski definition) is 2. The lowest BCUT2D eigenvalue weighted by atomic mass is 10.1. The van der Waals surface area contributed by atoms with Gasteiger partial charge in [-0.15, -0.1) is 11.6 Å². The van der Waals surface area contributed by atoms with Crippen LogP contribution in [0.3, 0.4) is 0 Å². The number of hydrogen-bond donors (Lipinski definition) is 0. The number of allylic oxidation sites excluding steroid dienone is 2. The lowest BCUT2D eigenvalue weighted by Gasteiger charge is -2.05. The topological polar surface area (TPSA) is 26.3 Å². The van der Waals surface area contributed by atoms with Crippen molar-refractivity contribution >= 4 is 17.6 Å². The van der Waals surface area contributed by atoms with Gasteiger partial charge in [-0.1, -0.05) is 64.0 Å². The van der Waals surface area contributed by atoms with E-state index in [0.717, 1.165) is 32.1 Å². The molecule has 0 aromatic carbocycles. The van der Waals surface area contributed by atoms with E-state index in [4.69, 9.17) is 11.6 Å². The molecule has 0 saturated carbocycles. The minimum atomic E-state index is -0.0896. The Bertz CT molecular complexity index is 277. The Kier molecular flexibility index (Phi) is 16.5. The van der Waals surface area contributed by atoms with Crippen molar-refractivity contribution in [2.75, 3.05) is 7.11 Å². The van der Waals surface area contributed by atoms with Crippen molar-refractivity contribution in [2.24, 2.45) is 0 Å². The van der Waals surface area contributed by atoms with Crippen molar-refractivity contribution in [1.82, 2.24) is 0 Å². The third kappa shape index (κ3) is 15.9. The largest absolute Gasteiger partial charge is 0.469 e. The van der Waals surface area contributed by atoms with Crippen molar-refractivity contribution in [2.45, 2.75) is 95.8 Å². The summed E-state index contributed by atoms with van der Waals surface area (Å²) in [6.07, 6.45) is 19.3. The van der Waals surface area contributed by atoms with Gasteiger partial charge >= 0.3 is 5.97 Å². The number of carbonyl (C=O) groups is 1. The first kappa shape index (κ1) is 21.5. The van der Waals surface area contributed by atoms with E-state index in [1.165, 1.54) is 52.1 Å². The first-order valence-electron chi connectivity index (χ1n) is 9.06. The maximum Gasteiger partial charge on any atom is 0.305 e. The molecule has 0 radical (unpaired) electrons. The highest BCUT2D eigenvalue weighted by Gasteiger charge is 2.01. The number of unbranched alkanes of at least 4 members (excludes halogenated alkanes) is 8. The standard InChI is InChI=1S/C19H35ClO2/c1-3-4-5-12-15-18(20)16-13-10-8-6-7-9-11-14-17-19(21)22-2/h10,13,18H,3-9,11-12,14-17H2,1-2H3/b13-10+. The Morgan fingerprint density at radius 1 is 1.00 bits per heavy atom. The average molecular weight is 331 g/mol. The van der Waals surface area contributed by atoms with Crippen LogP contribution in [0.1, 0.15) is 90.4 Å². The third-order valence-corrected chi connectivity index (χ3v) is 4.31. The number of esters is 1. The van der Waals surface area contributed by atoms with Crippen molar-refractivity contribution in [3.8, 4) is 0 Å². The molecule has 1 atom stereocenters. The molecule has 0 rings (SSSR count). The van der Waals surface area contributed by atoms with Gasteiger partial charge in [-0.2, -0.15) is 0 Å². The predicted molar refractivity (Wildman–Crippen MR) is 96.5 cm³/mol. The van der Waals surface area contributed by atoms with Crippen molar-refractivity contribution in [1.29, 1.82) is 0 Å². The molecule has 0 heterocycles. The maximum atomic E-state index is 10.9. The van der Waals surface area contributed by atoms with Gasteiger partial charge < -0.3 is 4.74 Å². The average Bonchev–Trinajstić information content (AvgIpc) is 2.53. The first-order valence-corrected chi connectivity index (χ1v) is 9.50. The molecular formula is C19H35ClO2.